The van der Waals surface area contributed by atoms with Crippen molar-refractivity contribution in [2.24, 2.45) is 5.73 Å². The van der Waals surface area contributed by atoms with E-state index in [4.69, 9.17) is 5.73 Å². The molecule has 14 heavy (non-hydrogen) atoms. The predicted octanol–water partition coefficient (Wildman–Crippen LogP) is 0.270. The largest absolute Gasteiger partial charge is 0.368 e. The van der Waals surface area contributed by atoms with Gasteiger partial charge in [0.1, 0.15) is 0 Å². The van der Waals surface area contributed by atoms with Crippen molar-refractivity contribution in [2.75, 3.05) is 5.75 Å². The molecular formula is C9H11N3OS. The van der Waals surface area contributed by atoms with E-state index in [9.17, 15) is 4.79 Å². The lowest BCUT2D eigenvalue weighted by atomic mass is 10.2. The first-order valence-corrected chi connectivity index (χ1v) is 5.39. The Morgan fingerprint density at radius 1 is 1.71 bits per heavy atom. The third kappa shape index (κ3) is 1.88. The number of carbonyl (C=O) groups is 1. The number of amides is 1. The topological polar surface area (TPSA) is 68.0 Å². The first-order chi connectivity index (χ1) is 6.77. The van der Waals surface area contributed by atoms with Gasteiger partial charge in [0.25, 0.3) is 0 Å². The van der Waals surface area contributed by atoms with E-state index in [1.54, 1.807) is 24.2 Å². The number of nitrogens with two attached hydrogens (primary N) is 1. The van der Waals surface area contributed by atoms with Crippen LogP contribution < -0.4 is 11.1 Å². The summed E-state index contributed by atoms with van der Waals surface area (Å²) in [6, 6.07) is 3.65. The van der Waals surface area contributed by atoms with Crippen molar-refractivity contribution < 1.29 is 4.79 Å². The van der Waals surface area contributed by atoms with Gasteiger partial charge in [0.2, 0.25) is 5.91 Å². The maximum absolute atomic E-state index is 10.9. The Morgan fingerprint density at radius 2 is 2.57 bits per heavy atom. The normalized spacial score (nSPS) is 26.3. The van der Waals surface area contributed by atoms with Gasteiger partial charge in [-0.2, -0.15) is 0 Å². The van der Waals surface area contributed by atoms with Crippen LogP contribution in [0.2, 0.25) is 0 Å². The summed E-state index contributed by atoms with van der Waals surface area (Å²) in [6.45, 7) is 0. The van der Waals surface area contributed by atoms with Gasteiger partial charge in [0.15, 0.2) is 0 Å². The molecule has 5 heteroatoms. The summed E-state index contributed by atoms with van der Waals surface area (Å²) in [7, 11) is 0. The highest BCUT2D eigenvalue weighted by atomic mass is 32.2. The lowest BCUT2D eigenvalue weighted by Crippen LogP contribution is -2.38. The molecule has 2 unspecified atom stereocenters. The third-order valence-corrected chi connectivity index (χ3v) is 3.38. The molecule has 0 bridgehead atoms. The number of thioether (sulfide) groups is 1. The number of nitrogens with zero attached hydrogens (tertiary/aromatic N) is 1. The van der Waals surface area contributed by atoms with Gasteiger partial charge in [-0.25, -0.2) is 0 Å². The Balaban J connectivity index is 2.06. The molecule has 4 nitrogen and oxygen atoms in total. The maximum Gasteiger partial charge on any atom is 0.235 e. The molecule has 1 amide bonds. The third-order valence-electron chi connectivity index (χ3n) is 2.11. The zero-order valence-corrected chi connectivity index (χ0v) is 8.33. The average molecular weight is 209 g/mol. The Labute approximate surface area is 86.3 Å². The van der Waals surface area contributed by atoms with Gasteiger partial charge in [-0.05, 0) is 11.6 Å². The Bertz CT molecular complexity index is 330. The number of aromatic nitrogens is 1. The van der Waals surface area contributed by atoms with Gasteiger partial charge >= 0.3 is 0 Å². The van der Waals surface area contributed by atoms with Crippen LogP contribution in [-0.4, -0.2) is 22.7 Å². The van der Waals surface area contributed by atoms with Crippen molar-refractivity contribution in [3.63, 3.8) is 0 Å². The second kappa shape index (κ2) is 3.98. The fraction of sp³-hybridized carbons (Fsp3) is 0.333. The summed E-state index contributed by atoms with van der Waals surface area (Å²) in [5.74, 6) is 0.443. The standard InChI is InChI=1S/C9H11N3OS/c10-8(13)7-5-14-9(12-7)6-2-1-3-11-4-6/h1-4,7,9,12H,5H2,(H2,10,13). The van der Waals surface area contributed by atoms with Crippen LogP contribution in [0.25, 0.3) is 0 Å². The van der Waals surface area contributed by atoms with Gasteiger partial charge in [-0.3, -0.25) is 15.1 Å². The molecule has 1 fully saturated rings. The Morgan fingerprint density at radius 3 is 3.14 bits per heavy atom. The van der Waals surface area contributed by atoms with Crippen molar-refractivity contribution >= 4 is 17.7 Å². The van der Waals surface area contributed by atoms with E-state index in [1.807, 2.05) is 12.1 Å². The van der Waals surface area contributed by atoms with E-state index < -0.39 is 0 Å². The van der Waals surface area contributed by atoms with Crippen molar-refractivity contribution in [1.82, 2.24) is 10.3 Å². The van der Waals surface area contributed by atoms with Gasteiger partial charge in [-0.1, -0.05) is 6.07 Å². The molecule has 74 valence electrons. The second-order valence-corrected chi connectivity index (χ2v) is 4.26. The molecule has 2 heterocycles. The Hall–Kier alpha value is -1.07. The molecule has 2 atom stereocenters. The first-order valence-electron chi connectivity index (χ1n) is 4.34. The molecule has 0 aromatic carbocycles. The molecule has 1 aromatic heterocycles. The van der Waals surface area contributed by atoms with E-state index in [0.717, 1.165) is 11.3 Å². The molecule has 2 rings (SSSR count). The van der Waals surface area contributed by atoms with Gasteiger partial charge < -0.3 is 5.73 Å². The van der Waals surface area contributed by atoms with Crippen LogP contribution in [0.3, 0.4) is 0 Å². The number of pyridine rings is 1. The highest BCUT2D eigenvalue weighted by Gasteiger charge is 2.28. The van der Waals surface area contributed by atoms with Crippen LogP contribution in [-0.2, 0) is 4.79 Å². The lowest BCUT2D eigenvalue weighted by Gasteiger charge is -2.10. The molecule has 1 aromatic rings. The summed E-state index contributed by atoms with van der Waals surface area (Å²) < 4.78 is 0. The highest BCUT2D eigenvalue weighted by molar-refractivity contribution is 7.99. The van der Waals surface area contributed by atoms with Gasteiger partial charge in [-0.15, -0.1) is 11.8 Å². The quantitative estimate of drug-likeness (QED) is 0.733. The number of primary amides is 1. The van der Waals surface area contributed by atoms with Crippen LogP contribution >= 0.6 is 11.8 Å². The number of hydrogen-bond acceptors (Lipinski definition) is 4. The summed E-state index contributed by atoms with van der Waals surface area (Å²) in [5, 5.41) is 3.30. The smallest absolute Gasteiger partial charge is 0.235 e. The lowest BCUT2D eigenvalue weighted by molar-refractivity contribution is -0.119. The minimum absolute atomic E-state index is 0.140. The van der Waals surface area contributed by atoms with Crippen LogP contribution in [0.1, 0.15) is 10.9 Å². The van der Waals surface area contributed by atoms with Crippen LogP contribution in [0, 0.1) is 0 Å². The molecule has 1 aliphatic heterocycles. The minimum Gasteiger partial charge on any atom is -0.368 e. The highest BCUT2D eigenvalue weighted by Crippen LogP contribution is 2.31. The summed E-state index contributed by atoms with van der Waals surface area (Å²) in [5.41, 5.74) is 6.29. The van der Waals surface area contributed by atoms with Crippen molar-refractivity contribution in [3.8, 4) is 0 Å². The van der Waals surface area contributed by atoms with Crippen LogP contribution in [0.15, 0.2) is 24.5 Å². The zero-order valence-electron chi connectivity index (χ0n) is 7.51. The molecule has 0 saturated carbocycles. The maximum atomic E-state index is 10.9. The molecule has 0 radical (unpaired) electrons. The second-order valence-electron chi connectivity index (χ2n) is 3.12. The zero-order chi connectivity index (χ0) is 9.97. The first kappa shape index (κ1) is 9.48. The van der Waals surface area contributed by atoms with Crippen molar-refractivity contribution in [1.29, 1.82) is 0 Å². The molecule has 1 saturated heterocycles. The van der Waals surface area contributed by atoms with Gasteiger partial charge in [0.05, 0.1) is 11.4 Å². The summed E-state index contributed by atoms with van der Waals surface area (Å²) in [4.78, 5) is 14.9. The number of nitrogens with one attached hydrogen (secondary N) is 1. The van der Waals surface area contributed by atoms with Crippen LogP contribution in [0.4, 0.5) is 0 Å². The molecular weight excluding hydrogens is 198 g/mol. The van der Waals surface area contributed by atoms with E-state index >= 15 is 0 Å². The van der Waals surface area contributed by atoms with Crippen LogP contribution in [0.5, 0.6) is 0 Å². The van der Waals surface area contributed by atoms with Crippen molar-refractivity contribution in [3.05, 3.63) is 30.1 Å². The summed E-state index contributed by atoms with van der Waals surface area (Å²) in [6.07, 6.45) is 3.53. The average Bonchev–Trinajstić information content (AvgIpc) is 2.68. The van der Waals surface area contributed by atoms with E-state index in [0.29, 0.717) is 0 Å². The van der Waals surface area contributed by atoms with Gasteiger partial charge in [0, 0.05) is 18.1 Å². The fourth-order valence-electron chi connectivity index (χ4n) is 1.36. The molecule has 1 aliphatic rings. The summed E-state index contributed by atoms with van der Waals surface area (Å²) >= 11 is 1.68. The SMILES string of the molecule is NC(=O)C1CSC(c2cccnc2)N1. The predicted molar refractivity (Wildman–Crippen MR) is 55.6 cm³/mol. The molecule has 0 spiro atoms. The number of hydrogen-bond donors (Lipinski definition) is 2. The van der Waals surface area contributed by atoms with Crippen molar-refractivity contribution in [2.45, 2.75) is 11.4 Å². The number of rotatable bonds is 2. The number of carbonyl (C=O) groups excluding carboxylic acids is 1. The Kier molecular flexibility index (Phi) is 2.69. The fourth-order valence-corrected chi connectivity index (χ4v) is 2.60. The van der Waals surface area contributed by atoms with E-state index in [2.05, 4.69) is 10.3 Å². The monoisotopic (exact) mass is 209 g/mol. The van der Waals surface area contributed by atoms with E-state index in [1.165, 1.54) is 0 Å². The molecule has 0 aliphatic carbocycles. The molecule has 3 N–H and O–H groups in total. The van der Waals surface area contributed by atoms with E-state index in [-0.39, 0.29) is 17.3 Å². The minimum atomic E-state index is -0.288.